The summed E-state index contributed by atoms with van der Waals surface area (Å²) in [5.74, 6) is 0.508. The van der Waals surface area contributed by atoms with Crippen molar-refractivity contribution in [1.82, 2.24) is 19.7 Å². The lowest BCUT2D eigenvalue weighted by molar-refractivity contribution is 0.0303. The predicted molar refractivity (Wildman–Crippen MR) is 196 cm³/mol. The van der Waals surface area contributed by atoms with E-state index in [2.05, 4.69) is 108 Å². The van der Waals surface area contributed by atoms with E-state index in [1.165, 1.54) is 0 Å². The summed E-state index contributed by atoms with van der Waals surface area (Å²) in [7, 11) is 1.62. The van der Waals surface area contributed by atoms with Crippen molar-refractivity contribution in [3.63, 3.8) is 0 Å². The van der Waals surface area contributed by atoms with Crippen LogP contribution in [0.5, 0.6) is 5.88 Å². The number of carbonyl (C=O) groups excluding carboxylic acids is 1. The van der Waals surface area contributed by atoms with E-state index in [4.69, 9.17) is 19.6 Å². The molecular weight excluding hydrogens is 620 g/mol. The fraction of sp³-hybridized carbons (Fsp3) is 0.140. The Hall–Kier alpha value is -6.05. The van der Waals surface area contributed by atoms with E-state index in [1.807, 2.05) is 53.6 Å². The van der Waals surface area contributed by atoms with Crippen LogP contribution in [0.25, 0.3) is 33.2 Å². The van der Waals surface area contributed by atoms with Gasteiger partial charge < -0.3 is 14.4 Å². The lowest BCUT2D eigenvalue weighted by Crippen LogP contribution is -2.40. The van der Waals surface area contributed by atoms with Crippen LogP contribution in [0.15, 0.2) is 152 Å². The standard InChI is InChI=1S/C43H36N4O3/c1-49-41-28-38(39-27-33(20-21-40(39)45-41)42(48)46-22-24-50-25-23-46)32-13-11-12-31(26-32)34-29-44-47(30-34)43(35-14-5-2-6-15-35,36-16-7-3-8-17-36)37-18-9-4-10-19-37/h2-21,26-30H,22-25H2,1H3. The third kappa shape index (κ3) is 5.61. The van der Waals surface area contributed by atoms with E-state index in [0.717, 1.165) is 49.8 Å². The molecule has 0 saturated carbocycles. The molecular formula is C43H36N4O3. The van der Waals surface area contributed by atoms with Crippen LogP contribution in [0.1, 0.15) is 27.0 Å². The first-order valence-corrected chi connectivity index (χ1v) is 16.8. The summed E-state index contributed by atoms with van der Waals surface area (Å²) in [6.45, 7) is 2.27. The van der Waals surface area contributed by atoms with Gasteiger partial charge >= 0.3 is 0 Å². The average Bonchev–Trinajstić information content (AvgIpc) is 3.70. The molecule has 8 rings (SSSR count). The molecule has 3 heterocycles. The molecule has 0 N–H and O–H groups in total. The number of fused-ring (bicyclic) bond motifs is 1. The number of hydrogen-bond donors (Lipinski definition) is 0. The zero-order valence-electron chi connectivity index (χ0n) is 27.8. The highest BCUT2D eigenvalue weighted by atomic mass is 16.5. The lowest BCUT2D eigenvalue weighted by atomic mass is 9.77. The molecule has 7 aromatic rings. The molecule has 7 heteroatoms. The van der Waals surface area contributed by atoms with Crippen LogP contribution in [-0.2, 0) is 10.3 Å². The summed E-state index contributed by atoms with van der Waals surface area (Å²) in [4.78, 5) is 20.0. The van der Waals surface area contributed by atoms with Gasteiger partial charge in [0.15, 0.2) is 0 Å². The molecule has 1 saturated heterocycles. The number of carbonyl (C=O) groups is 1. The smallest absolute Gasteiger partial charge is 0.254 e. The Morgan fingerprint density at radius 3 is 1.94 bits per heavy atom. The zero-order chi connectivity index (χ0) is 33.9. The van der Waals surface area contributed by atoms with Crippen LogP contribution < -0.4 is 4.74 Å². The molecule has 246 valence electrons. The summed E-state index contributed by atoms with van der Waals surface area (Å²) in [6.07, 6.45) is 4.07. The molecule has 0 atom stereocenters. The normalized spacial score (nSPS) is 13.3. The Kier molecular flexibility index (Phi) is 8.40. The van der Waals surface area contributed by atoms with Crippen molar-refractivity contribution in [2.45, 2.75) is 5.54 Å². The van der Waals surface area contributed by atoms with E-state index < -0.39 is 5.54 Å². The third-order valence-electron chi connectivity index (χ3n) is 9.55. The number of ether oxygens (including phenoxy) is 2. The highest BCUT2D eigenvalue weighted by Crippen LogP contribution is 2.41. The number of methoxy groups -OCH3 is 1. The van der Waals surface area contributed by atoms with Crippen molar-refractivity contribution in [2.75, 3.05) is 33.4 Å². The molecule has 0 spiro atoms. The van der Waals surface area contributed by atoms with Crippen molar-refractivity contribution in [3.05, 3.63) is 174 Å². The van der Waals surface area contributed by atoms with E-state index in [-0.39, 0.29) is 5.91 Å². The topological polar surface area (TPSA) is 69.5 Å². The Balaban J connectivity index is 1.25. The Labute approximate surface area is 291 Å². The first-order valence-electron chi connectivity index (χ1n) is 16.8. The zero-order valence-corrected chi connectivity index (χ0v) is 27.8. The second-order valence-electron chi connectivity index (χ2n) is 12.4. The third-order valence-corrected chi connectivity index (χ3v) is 9.55. The number of hydrogen-bond acceptors (Lipinski definition) is 5. The van der Waals surface area contributed by atoms with E-state index in [9.17, 15) is 4.79 Å². The molecule has 0 unspecified atom stereocenters. The summed E-state index contributed by atoms with van der Waals surface area (Å²) in [5.41, 5.74) is 7.92. The number of amides is 1. The fourth-order valence-electron chi connectivity index (χ4n) is 7.08. The minimum atomic E-state index is -0.711. The molecule has 0 radical (unpaired) electrons. The van der Waals surface area contributed by atoms with Crippen molar-refractivity contribution in [1.29, 1.82) is 0 Å². The summed E-state index contributed by atoms with van der Waals surface area (Å²) < 4.78 is 13.2. The Morgan fingerprint density at radius 1 is 0.700 bits per heavy atom. The summed E-state index contributed by atoms with van der Waals surface area (Å²) in [6, 6.07) is 47.7. The van der Waals surface area contributed by atoms with E-state index in [0.29, 0.717) is 37.7 Å². The molecule has 50 heavy (non-hydrogen) atoms. The number of pyridine rings is 1. The number of rotatable bonds is 8. The maximum absolute atomic E-state index is 13.5. The molecule has 0 aliphatic carbocycles. The van der Waals surface area contributed by atoms with Crippen LogP contribution in [0.4, 0.5) is 0 Å². The lowest BCUT2D eigenvalue weighted by Gasteiger charge is -2.36. The van der Waals surface area contributed by atoms with Gasteiger partial charge in [-0.05, 0) is 57.6 Å². The molecule has 1 amide bonds. The SMILES string of the molecule is COc1cc(-c2cccc(-c3cnn(C(c4ccccc4)(c4ccccc4)c4ccccc4)c3)c2)c2cc(C(=O)N3CCOCC3)ccc2n1. The quantitative estimate of drug-likeness (QED) is 0.155. The molecule has 5 aromatic carbocycles. The molecule has 1 aliphatic rings. The molecule has 1 aliphatic heterocycles. The second-order valence-corrected chi connectivity index (χ2v) is 12.4. The van der Waals surface area contributed by atoms with E-state index >= 15 is 0 Å². The number of aromatic nitrogens is 3. The van der Waals surface area contributed by atoms with Crippen LogP contribution in [0, 0.1) is 0 Å². The summed E-state index contributed by atoms with van der Waals surface area (Å²) in [5, 5.41) is 5.97. The predicted octanol–water partition coefficient (Wildman–Crippen LogP) is 8.09. The van der Waals surface area contributed by atoms with Crippen LogP contribution in [0.3, 0.4) is 0 Å². The monoisotopic (exact) mass is 656 g/mol. The molecule has 7 nitrogen and oxygen atoms in total. The Bertz CT molecular complexity index is 2170. The van der Waals surface area contributed by atoms with Gasteiger partial charge in [-0.15, -0.1) is 0 Å². The van der Waals surface area contributed by atoms with Gasteiger partial charge in [0.05, 0.1) is 32.0 Å². The van der Waals surface area contributed by atoms with Gasteiger partial charge in [-0.1, -0.05) is 109 Å². The van der Waals surface area contributed by atoms with Crippen LogP contribution in [-0.4, -0.2) is 59.0 Å². The molecule has 1 fully saturated rings. The molecule has 2 aromatic heterocycles. The fourth-order valence-corrected chi connectivity index (χ4v) is 7.08. The van der Waals surface area contributed by atoms with Gasteiger partial charge in [0.25, 0.3) is 5.91 Å². The first-order chi connectivity index (χ1) is 24.6. The van der Waals surface area contributed by atoms with Crippen molar-refractivity contribution in [3.8, 4) is 28.1 Å². The van der Waals surface area contributed by atoms with Crippen molar-refractivity contribution in [2.24, 2.45) is 0 Å². The van der Waals surface area contributed by atoms with Gasteiger partial charge in [-0.2, -0.15) is 5.10 Å². The second kappa shape index (κ2) is 13.5. The largest absolute Gasteiger partial charge is 0.481 e. The Morgan fingerprint density at radius 2 is 1.32 bits per heavy atom. The first kappa shape index (κ1) is 31.2. The van der Waals surface area contributed by atoms with Crippen LogP contribution >= 0.6 is 0 Å². The highest BCUT2D eigenvalue weighted by molar-refractivity contribution is 6.02. The van der Waals surface area contributed by atoms with Crippen molar-refractivity contribution < 1.29 is 14.3 Å². The van der Waals surface area contributed by atoms with Gasteiger partial charge in [0, 0.05) is 41.9 Å². The number of benzene rings is 5. The minimum absolute atomic E-state index is 0.00290. The van der Waals surface area contributed by atoms with Crippen LogP contribution in [0.2, 0.25) is 0 Å². The highest BCUT2D eigenvalue weighted by Gasteiger charge is 2.39. The molecule has 0 bridgehead atoms. The summed E-state index contributed by atoms with van der Waals surface area (Å²) >= 11 is 0. The van der Waals surface area contributed by atoms with Crippen molar-refractivity contribution >= 4 is 16.8 Å². The minimum Gasteiger partial charge on any atom is -0.481 e. The maximum atomic E-state index is 13.5. The number of morpholine rings is 1. The van der Waals surface area contributed by atoms with Gasteiger partial charge in [-0.25, -0.2) is 4.98 Å². The maximum Gasteiger partial charge on any atom is 0.254 e. The van der Waals surface area contributed by atoms with Gasteiger partial charge in [0.1, 0.15) is 5.54 Å². The number of nitrogens with zero attached hydrogens (tertiary/aromatic N) is 4. The average molecular weight is 657 g/mol. The van der Waals surface area contributed by atoms with Gasteiger partial charge in [0.2, 0.25) is 5.88 Å². The van der Waals surface area contributed by atoms with Gasteiger partial charge in [-0.3, -0.25) is 9.48 Å². The van der Waals surface area contributed by atoms with E-state index in [1.54, 1.807) is 7.11 Å².